The Morgan fingerprint density at radius 1 is 1.08 bits per heavy atom. The molecule has 25 heavy (non-hydrogen) atoms. The predicted molar refractivity (Wildman–Crippen MR) is 98.5 cm³/mol. The third-order valence-corrected chi connectivity index (χ3v) is 5.25. The molecule has 0 aliphatic carbocycles. The maximum Gasteiger partial charge on any atom is 0.586 e. The fraction of sp³-hybridized carbons (Fsp3) is 0.167. The van der Waals surface area contributed by atoms with E-state index in [0.717, 1.165) is 27.6 Å². The summed E-state index contributed by atoms with van der Waals surface area (Å²) in [5.41, 5.74) is 4.50. The van der Waals surface area contributed by atoms with Gasteiger partial charge >= 0.3 is 6.29 Å². The summed E-state index contributed by atoms with van der Waals surface area (Å²) in [5.74, 6) is -0.00569. The van der Waals surface area contributed by atoms with Crippen molar-refractivity contribution in [2.24, 2.45) is 0 Å². The van der Waals surface area contributed by atoms with E-state index in [4.69, 9.17) is 0 Å². The van der Waals surface area contributed by atoms with E-state index in [2.05, 4.69) is 46.3 Å². The Kier molecular flexibility index (Phi) is 3.96. The van der Waals surface area contributed by atoms with E-state index in [9.17, 15) is 8.78 Å². The summed E-state index contributed by atoms with van der Waals surface area (Å²) < 4.78 is 36.6. The molecule has 0 spiro atoms. The topological polar surface area (TPSA) is 31.4 Å². The largest absolute Gasteiger partial charge is 0.586 e. The zero-order valence-corrected chi connectivity index (χ0v) is 16.1. The normalized spacial score (nSPS) is 14.9. The van der Waals surface area contributed by atoms with Crippen molar-refractivity contribution in [1.29, 1.82) is 0 Å². The fourth-order valence-corrected chi connectivity index (χ4v) is 4.34. The predicted octanol–water partition coefficient (Wildman–Crippen LogP) is 6.19. The number of alkyl halides is 3. The second kappa shape index (κ2) is 5.92. The summed E-state index contributed by atoms with van der Waals surface area (Å²) in [6.07, 6.45) is -3.65. The fourth-order valence-electron chi connectivity index (χ4n) is 2.89. The zero-order chi connectivity index (χ0) is 17.8. The van der Waals surface area contributed by atoms with Gasteiger partial charge in [0.25, 0.3) is 0 Å². The van der Waals surface area contributed by atoms with Crippen LogP contribution in [0.15, 0.2) is 41.0 Å². The number of aromatic nitrogens is 1. The molecule has 1 aromatic heterocycles. The lowest BCUT2D eigenvalue weighted by Gasteiger charge is -2.14. The van der Waals surface area contributed by atoms with Gasteiger partial charge in [0.2, 0.25) is 0 Å². The van der Waals surface area contributed by atoms with Crippen LogP contribution < -0.4 is 9.47 Å². The maximum absolute atomic E-state index is 13.4. The molecule has 0 radical (unpaired) electrons. The zero-order valence-electron chi connectivity index (χ0n) is 12.9. The molecule has 1 aliphatic rings. The molecule has 3 nitrogen and oxygen atoms in total. The minimum Gasteiger partial charge on any atom is -0.395 e. The molecule has 0 bridgehead atoms. The molecule has 0 fully saturated rings. The molecule has 2 aromatic carbocycles. The van der Waals surface area contributed by atoms with Gasteiger partial charge in [-0.15, -0.1) is 8.78 Å². The monoisotopic (exact) mass is 469 g/mol. The van der Waals surface area contributed by atoms with Crippen molar-refractivity contribution >= 4 is 42.8 Å². The van der Waals surface area contributed by atoms with Gasteiger partial charge in [-0.25, -0.2) is 4.98 Å². The number of aryl methyl sites for hydroxylation is 1. The van der Waals surface area contributed by atoms with Gasteiger partial charge in [-0.3, -0.25) is 0 Å². The van der Waals surface area contributed by atoms with Crippen molar-refractivity contribution in [2.45, 2.75) is 18.5 Å². The molecule has 0 unspecified atom stereocenters. The Bertz CT molecular complexity index is 991. The minimum atomic E-state index is -3.65. The van der Waals surface area contributed by atoms with Gasteiger partial charge in [-0.2, -0.15) is 0 Å². The van der Waals surface area contributed by atoms with Crippen molar-refractivity contribution in [2.75, 3.05) is 0 Å². The van der Waals surface area contributed by atoms with E-state index in [1.165, 1.54) is 6.07 Å². The van der Waals surface area contributed by atoms with E-state index in [1.54, 1.807) is 6.07 Å². The lowest BCUT2D eigenvalue weighted by Crippen LogP contribution is -2.25. The second-order valence-corrected chi connectivity index (χ2v) is 7.05. The van der Waals surface area contributed by atoms with Gasteiger partial charge in [0.1, 0.15) is 4.60 Å². The van der Waals surface area contributed by atoms with E-state index < -0.39 is 6.29 Å². The van der Waals surface area contributed by atoms with Gasteiger partial charge < -0.3 is 9.47 Å². The van der Waals surface area contributed by atoms with E-state index >= 15 is 0 Å². The van der Waals surface area contributed by atoms with Crippen LogP contribution in [-0.2, 0) is 5.33 Å². The first kappa shape index (κ1) is 16.7. The van der Waals surface area contributed by atoms with Crippen LogP contribution in [0.5, 0.6) is 11.5 Å². The summed E-state index contributed by atoms with van der Waals surface area (Å²) in [6, 6.07) is 11.1. The average molecular weight is 471 g/mol. The quantitative estimate of drug-likeness (QED) is 0.330. The first-order valence-corrected chi connectivity index (χ1v) is 9.34. The molecule has 0 saturated carbocycles. The molecule has 7 heteroatoms. The van der Waals surface area contributed by atoms with Gasteiger partial charge in [0, 0.05) is 22.3 Å². The first-order valence-electron chi connectivity index (χ1n) is 7.43. The minimum absolute atomic E-state index is 0.00973. The van der Waals surface area contributed by atoms with Crippen LogP contribution in [0.25, 0.3) is 22.0 Å². The number of fused-ring (bicyclic) bond motifs is 2. The smallest absolute Gasteiger partial charge is 0.395 e. The number of ether oxygens (including phenoxy) is 2. The number of pyridine rings is 1. The number of hydrogen-bond acceptors (Lipinski definition) is 3. The highest BCUT2D eigenvalue weighted by atomic mass is 79.9. The van der Waals surface area contributed by atoms with E-state index in [-0.39, 0.29) is 11.5 Å². The summed E-state index contributed by atoms with van der Waals surface area (Å²) in [7, 11) is 0. The molecular weight excluding hydrogens is 460 g/mol. The Morgan fingerprint density at radius 3 is 2.36 bits per heavy atom. The molecule has 128 valence electrons. The molecule has 0 saturated heterocycles. The Balaban J connectivity index is 2.04. The maximum atomic E-state index is 13.4. The van der Waals surface area contributed by atoms with Crippen LogP contribution in [0.4, 0.5) is 8.78 Å². The third kappa shape index (κ3) is 2.89. The van der Waals surface area contributed by atoms with Crippen LogP contribution in [-0.4, -0.2) is 11.3 Å². The number of rotatable bonds is 2. The van der Waals surface area contributed by atoms with Crippen molar-refractivity contribution in [3.63, 3.8) is 0 Å². The highest BCUT2D eigenvalue weighted by molar-refractivity contribution is 9.10. The molecule has 0 amide bonds. The SMILES string of the molecule is Cc1ccc(-c2c(CBr)c(Br)nc3cc4c(cc23)OC(F)(F)O4)cc1. The highest BCUT2D eigenvalue weighted by Crippen LogP contribution is 2.46. The van der Waals surface area contributed by atoms with E-state index in [0.29, 0.717) is 15.4 Å². The first-order chi connectivity index (χ1) is 11.9. The Morgan fingerprint density at radius 2 is 1.72 bits per heavy atom. The Labute approximate surface area is 159 Å². The van der Waals surface area contributed by atoms with Crippen molar-refractivity contribution in [3.05, 3.63) is 52.1 Å². The van der Waals surface area contributed by atoms with Crippen LogP contribution in [0.3, 0.4) is 0 Å². The van der Waals surface area contributed by atoms with Gasteiger partial charge in [-0.1, -0.05) is 45.8 Å². The summed E-state index contributed by atoms with van der Waals surface area (Å²) in [5, 5.41) is 1.28. The molecule has 2 heterocycles. The molecule has 1 aliphatic heterocycles. The number of halogens is 4. The summed E-state index contributed by atoms with van der Waals surface area (Å²) >= 11 is 6.97. The van der Waals surface area contributed by atoms with Crippen molar-refractivity contribution < 1.29 is 18.3 Å². The molecule has 3 aromatic rings. The van der Waals surface area contributed by atoms with Crippen molar-refractivity contribution in [3.8, 4) is 22.6 Å². The van der Waals surface area contributed by atoms with Gasteiger partial charge in [0.15, 0.2) is 11.5 Å². The molecular formula is C18H11Br2F2NO2. The summed E-state index contributed by atoms with van der Waals surface area (Å²) in [4.78, 5) is 4.48. The third-order valence-electron chi connectivity index (χ3n) is 4.03. The average Bonchev–Trinajstić information content (AvgIpc) is 2.85. The highest BCUT2D eigenvalue weighted by Gasteiger charge is 2.43. The molecule has 4 rings (SSSR count). The van der Waals surface area contributed by atoms with Gasteiger partial charge in [-0.05, 0) is 40.0 Å². The van der Waals surface area contributed by atoms with Crippen LogP contribution in [0.2, 0.25) is 0 Å². The molecule has 0 N–H and O–H groups in total. The number of hydrogen-bond donors (Lipinski definition) is 0. The second-order valence-electron chi connectivity index (χ2n) is 5.74. The van der Waals surface area contributed by atoms with Gasteiger partial charge in [0.05, 0.1) is 5.52 Å². The van der Waals surface area contributed by atoms with Crippen LogP contribution in [0, 0.1) is 6.92 Å². The molecule has 0 atom stereocenters. The number of benzene rings is 2. The van der Waals surface area contributed by atoms with E-state index in [1.807, 2.05) is 31.2 Å². The van der Waals surface area contributed by atoms with Crippen LogP contribution >= 0.6 is 31.9 Å². The van der Waals surface area contributed by atoms with Crippen molar-refractivity contribution in [1.82, 2.24) is 4.98 Å². The summed E-state index contributed by atoms with van der Waals surface area (Å²) in [6.45, 7) is 2.01. The standard InChI is InChI=1S/C18H11Br2F2NO2/c1-9-2-4-10(5-3-9)16-11-6-14-15(25-18(21,22)24-14)7-13(11)23-17(20)12(16)8-19/h2-7H,8H2,1H3. The van der Waals surface area contributed by atoms with Crippen LogP contribution in [0.1, 0.15) is 11.1 Å². The Hall–Kier alpha value is -1.73. The lowest BCUT2D eigenvalue weighted by atomic mass is 9.96. The lowest BCUT2D eigenvalue weighted by molar-refractivity contribution is -0.286. The number of nitrogens with zero attached hydrogens (tertiary/aromatic N) is 1.